The summed E-state index contributed by atoms with van der Waals surface area (Å²) >= 11 is 0. The van der Waals surface area contributed by atoms with Crippen molar-refractivity contribution in [3.63, 3.8) is 0 Å². The molecule has 1 heterocycles. The van der Waals surface area contributed by atoms with Crippen LogP contribution in [0.15, 0.2) is 91.0 Å². The lowest BCUT2D eigenvalue weighted by Crippen LogP contribution is -2.49. The summed E-state index contributed by atoms with van der Waals surface area (Å²) in [5, 5.41) is 13.2. The van der Waals surface area contributed by atoms with Gasteiger partial charge in [-0.1, -0.05) is 66.7 Å². The van der Waals surface area contributed by atoms with Crippen molar-refractivity contribution in [2.24, 2.45) is 0 Å². The van der Waals surface area contributed by atoms with Crippen molar-refractivity contribution in [3.05, 3.63) is 108 Å². The Morgan fingerprint density at radius 2 is 1.30 bits per heavy atom. The number of hydrogen-bond donors (Lipinski definition) is 2. The topological polar surface area (TPSA) is 120 Å². The second-order valence-electron chi connectivity index (χ2n) is 8.46. The van der Waals surface area contributed by atoms with Crippen LogP contribution < -0.4 is 5.32 Å². The fraction of sp³-hybridized carbons (Fsp3) is 0.250. The van der Waals surface area contributed by atoms with Gasteiger partial charge in [-0.05, 0) is 36.8 Å². The Balaban J connectivity index is 1.48. The lowest BCUT2D eigenvalue weighted by atomic mass is 10.0. The van der Waals surface area contributed by atoms with E-state index in [1.807, 2.05) is 30.3 Å². The van der Waals surface area contributed by atoms with Crippen LogP contribution in [0.25, 0.3) is 0 Å². The summed E-state index contributed by atoms with van der Waals surface area (Å²) in [4.78, 5) is 38.0. The van der Waals surface area contributed by atoms with E-state index in [0.29, 0.717) is 0 Å². The first-order valence-corrected chi connectivity index (χ1v) is 11.7. The molecular formula is C28H27NO8. The van der Waals surface area contributed by atoms with E-state index in [1.54, 1.807) is 67.6 Å². The summed E-state index contributed by atoms with van der Waals surface area (Å²) in [5.74, 6) is -1.43. The molecule has 5 atom stereocenters. The minimum Gasteiger partial charge on any atom is -0.452 e. The molecule has 1 aliphatic rings. The predicted molar refractivity (Wildman–Crippen MR) is 131 cm³/mol. The van der Waals surface area contributed by atoms with Crippen molar-refractivity contribution in [2.75, 3.05) is 0 Å². The predicted octanol–water partition coefficient (Wildman–Crippen LogP) is 3.47. The molecule has 0 aromatic heterocycles. The number of nitrogens with one attached hydrogen (secondary N) is 1. The maximum Gasteiger partial charge on any atom is 0.407 e. The van der Waals surface area contributed by atoms with Crippen LogP contribution in [0.1, 0.15) is 33.2 Å². The first-order valence-electron chi connectivity index (χ1n) is 11.7. The number of rotatable bonds is 8. The number of carbonyl (C=O) groups excluding carboxylic acids is 3. The maximum atomic E-state index is 12.8. The Labute approximate surface area is 213 Å². The Bertz CT molecular complexity index is 1190. The SMILES string of the molecule is CC(NC(=O)OCc1ccccc1)C1OC(O)C(OC(=O)c2ccccc2)C1OC(=O)c1ccccc1. The molecule has 1 fully saturated rings. The van der Waals surface area contributed by atoms with Crippen molar-refractivity contribution in [1.82, 2.24) is 5.32 Å². The largest absolute Gasteiger partial charge is 0.452 e. The van der Waals surface area contributed by atoms with E-state index in [1.165, 1.54) is 0 Å². The van der Waals surface area contributed by atoms with Crippen LogP contribution in [-0.4, -0.2) is 53.8 Å². The Morgan fingerprint density at radius 3 is 1.84 bits per heavy atom. The number of carbonyl (C=O) groups is 3. The summed E-state index contributed by atoms with van der Waals surface area (Å²) < 4.78 is 22.1. The van der Waals surface area contributed by atoms with Gasteiger partial charge in [-0.15, -0.1) is 0 Å². The van der Waals surface area contributed by atoms with Gasteiger partial charge in [0.15, 0.2) is 18.5 Å². The first-order chi connectivity index (χ1) is 17.9. The minimum atomic E-state index is -1.60. The minimum absolute atomic E-state index is 0.0529. The average molecular weight is 506 g/mol. The molecule has 3 aromatic carbocycles. The first kappa shape index (κ1) is 25.9. The second kappa shape index (κ2) is 12.2. The van der Waals surface area contributed by atoms with E-state index in [0.717, 1.165) is 5.56 Å². The molecule has 9 nitrogen and oxygen atoms in total. The quantitative estimate of drug-likeness (QED) is 0.353. The summed E-state index contributed by atoms with van der Waals surface area (Å²) in [5.41, 5.74) is 1.32. The number of ether oxygens (including phenoxy) is 4. The van der Waals surface area contributed by atoms with Crippen LogP contribution in [0.4, 0.5) is 4.79 Å². The van der Waals surface area contributed by atoms with Crippen molar-refractivity contribution in [1.29, 1.82) is 0 Å². The fourth-order valence-electron chi connectivity index (χ4n) is 3.89. The third kappa shape index (κ3) is 6.72. The van der Waals surface area contributed by atoms with Gasteiger partial charge < -0.3 is 29.4 Å². The van der Waals surface area contributed by atoms with E-state index in [2.05, 4.69) is 5.32 Å². The molecular weight excluding hydrogens is 478 g/mol. The highest BCUT2D eigenvalue weighted by molar-refractivity contribution is 5.90. The highest BCUT2D eigenvalue weighted by Gasteiger charge is 2.51. The van der Waals surface area contributed by atoms with Crippen LogP contribution in [0.3, 0.4) is 0 Å². The number of esters is 2. The Morgan fingerprint density at radius 1 is 0.811 bits per heavy atom. The Kier molecular flexibility index (Phi) is 8.50. The van der Waals surface area contributed by atoms with Gasteiger partial charge in [-0.25, -0.2) is 14.4 Å². The monoisotopic (exact) mass is 505 g/mol. The number of alkyl carbamates (subject to hydrolysis) is 1. The molecule has 2 N–H and O–H groups in total. The lowest BCUT2D eigenvalue weighted by molar-refractivity contribution is -0.133. The highest BCUT2D eigenvalue weighted by atomic mass is 16.7. The zero-order valence-electron chi connectivity index (χ0n) is 20.1. The molecule has 4 rings (SSSR count). The highest BCUT2D eigenvalue weighted by Crippen LogP contribution is 2.29. The molecule has 192 valence electrons. The van der Waals surface area contributed by atoms with Gasteiger partial charge >= 0.3 is 18.0 Å². The van der Waals surface area contributed by atoms with Gasteiger partial charge in [0.2, 0.25) is 0 Å². The van der Waals surface area contributed by atoms with Crippen LogP contribution in [0.5, 0.6) is 0 Å². The zero-order valence-corrected chi connectivity index (χ0v) is 20.1. The van der Waals surface area contributed by atoms with Crippen LogP contribution >= 0.6 is 0 Å². The molecule has 1 amide bonds. The van der Waals surface area contributed by atoms with Gasteiger partial charge in [0.1, 0.15) is 12.7 Å². The van der Waals surface area contributed by atoms with Crippen molar-refractivity contribution in [3.8, 4) is 0 Å². The number of hydrogen-bond acceptors (Lipinski definition) is 8. The van der Waals surface area contributed by atoms with Gasteiger partial charge in [0.05, 0.1) is 17.2 Å². The smallest absolute Gasteiger partial charge is 0.407 e. The molecule has 3 aromatic rings. The van der Waals surface area contributed by atoms with E-state index in [-0.39, 0.29) is 17.7 Å². The summed E-state index contributed by atoms with van der Waals surface area (Å²) in [7, 11) is 0. The molecule has 0 spiro atoms. The second-order valence-corrected chi connectivity index (χ2v) is 8.46. The molecule has 9 heteroatoms. The molecule has 0 saturated carbocycles. The van der Waals surface area contributed by atoms with E-state index < -0.39 is 48.7 Å². The molecule has 5 unspecified atom stereocenters. The van der Waals surface area contributed by atoms with Crippen LogP contribution in [0.2, 0.25) is 0 Å². The van der Waals surface area contributed by atoms with Crippen LogP contribution in [-0.2, 0) is 25.6 Å². The molecule has 0 radical (unpaired) electrons. The third-order valence-corrected chi connectivity index (χ3v) is 5.78. The average Bonchev–Trinajstić information content (AvgIpc) is 3.23. The summed E-state index contributed by atoms with van der Waals surface area (Å²) in [6.45, 7) is 1.66. The van der Waals surface area contributed by atoms with Gasteiger partial charge in [0, 0.05) is 0 Å². The van der Waals surface area contributed by atoms with E-state index >= 15 is 0 Å². The summed E-state index contributed by atoms with van der Waals surface area (Å²) in [6, 6.07) is 24.8. The number of benzene rings is 3. The zero-order chi connectivity index (χ0) is 26.2. The third-order valence-electron chi connectivity index (χ3n) is 5.78. The number of amides is 1. The van der Waals surface area contributed by atoms with Crippen LogP contribution in [0, 0.1) is 0 Å². The van der Waals surface area contributed by atoms with Crippen molar-refractivity contribution >= 4 is 18.0 Å². The lowest BCUT2D eigenvalue weighted by Gasteiger charge is -2.27. The van der Waals surface area contributed by atoms with Crippen molar-refractivity contribution < 1.29 is 38.4 Å². The number of aliphatic hydroxyl groups excluding tert-OH is 1. The standard InChI is InChI=1S/C28H27NO8/c1-18(29-28(33)34-17-19-11-5-2-6-12-19)22-23(36-25(30)20-13-7-3-8-14-20)24(27(32)35-22)37-26(31)21-15-9-4-10-16-21/h2-16,18,22-24,27,32H,17H2,1H3,(H,29,33). The maximum absolute atomic E-state index is 12.8. The normalized spacial score (nSPS) is 21.5. The molecule has 0 aliphatic carbocycles. The molecule has 1 saturated heterocycles. The fourth-order valence-corrected chi connectivity index (χ4v) is 3.89. The van der Waals surface area contributed by atoms with Gasteiger partial charge in [-0.2, -0.15) is 0 Å². The van der Waals surface area contributed by atoms with Crippen molar-refractivity contribution in [2.45, 2.75) is 44.2 Å². The van der Waals surface area contributed by atoms with E-state index in [9.17, 15) is 19.5 Å². The summed E-state index contributed by atoms with van der Waals surface area (Å²) in [6.07, 6.45) is -5.93. The number of aliphatic hydroxyl groups is 1. The molecule has 1 aliphatic heterocycles. The van der Waals surface area contributed by atoms with Gasteiger partial charge in [0.25, 0.3) is 0 Å². The molecule has 37 heavy (non-hydrogen) atoms. The van der Waals surface area contributed by atoms with E-state index in [4.69, 9.17) is 18.9 Å². The van der Waals surface area contributed by atoms with Gasteiger partial charge in [-0.3, -0.25) is 0 Å². The Hall–Kier alpha value is -4.21. The molecule has 0 bridgehead atoms.